The van der Waals surface area contributed by atoms with E-state index in [1.54, 1.807) is 0 Å². The van der Waals surface area contributed by atoms with Crippen LogP contribution >= 0.6 is 0 Å². The summed E-state index contributed by atoms with van der Waals surface area (Å²) < 4.78 is 13.0. The molecule has 0 radical (unpaired) electrons. The number of pyridine rings is 1. The van der Waals surface area contributed by atoms with Gasteiger partial charge in [-0.05, 0) is 18.9 Å². The Balaban J connectivity index is 2.08. The highest BCUT2D eigenvalue weighted by molar-refractivity contribution is 5.93. The summed E-state index contributed by atoms with van der Waals surface area (Å²) in [4.78, 5) is 14.8. The summed E-state index contributed by atoms with van der Waals surface area (Å²) in [6.45, 7) is 0.228. The van der Waals surface area contributed by atoms with Gasteiger partial charge in [-0.3, -0.25) is 0 Å². The number of hydrogen-bond acceptors (Lipinski definition) is 4. The van der Waals surface area contributed by atoms with Crippen molar-refractivity contribution in [2.75, 3.05) is 11.9 Å². The van der Waals surface area contributed by atoms with Gasteiger partial charge in [0.25, 0.3) is 0 Å². The van der Waals surface area contributed by atoms with Crippen molar-refractivity contribution < 1.29 is 19.4 Å². The van der Waals surface area contributed by atoms with E-state index < -0.39 is 17.4 Å². The Bertz CT molecular complexity index is 485. The lowest BCUT2D eigenvalue weighted by molar-refractivity contribution is 0.0379. The van der Waals surface area contributed by atoms with Crippen LogP contribution in [0.25, 0.3) is 0 Å². The molecule has 1 fully saturated rings. The number of aromatic nitrogens is 1. The molecule has 0 atom stereocenters. The lowest BCUT2D eigenvalue weighted by Crippen LogP contribution is -2.36. The van der Waals surface area contributed by atoms with E-state index in [1.807, 2.05) is 0 Å². The Kier molecular flexibility index (Phi) is 4.54. The Morgan fingerprint density at radius 1 is 1.35 bits per heavy atom. The van der Waals surface area contributed by atoms with Crippen LogP contribution in [0.15, 0.2) is 12.3 Å². The lowest BCUT2D eigenvalue weighted by Gasteiger charge is -2.27. The predicted octanol–water partition coefficient (Wildman–Crippen LogP) is 2.42. The standard InChI is InChI=1S/C14H19FN2O3/c15-10-7-11(13(18)19)12(16-8-10)17-9-14(20)5-3-1-2-4-6-14/h7-8,20H,1-6,9H2,(H,16,17)(H,18,19). The number of carboxylic acids is 1. The highest BCUT2D eigenvalue weighted by Gasteiger charge is 2.28. The van der Waals surface area contributed by atoms with Crippen LogP contribution < -0.4 is 5.32 Å². The first-order chi connectivity index (χ1) is 9.50. The second-order valence-electron chi connectivity index (χ2n) is 5.35. The fraction of sp³-hybridized carbons (Fsp3) is 0.571. The average Bonchev–Trinajstić information content (AvgIpc) is 2.62. The normalized spacial score (nSPS) is 18.3. The highest BCUT2D eigenvalue weighted by atomic mass is 19.1. The molecule has 1 heterocycles. The average molecular weight is 282 g/mol. The largest absolute Gasteiger partial charge is 0.478 e. The maximum absolute atomic E-state index is 13.0. The van der Waals surface area contributed by atoms with Gasteiger partial charge < -0.3 is 15.5 Å². The molecular weight excluding hydrogens is 263 g/mol. The number of aliphatic hydroxyl groups is 1. The number of nitrogens with zero attached hydrogens (tertiary/aromatic N) is 1. The molecule has 1 aliphatic carbocycles. The third-order valence-corrected chi connectivity index (χ3v) is 3.70. The number of hydrogen-bond donors (Lipinski definition) is 3. The van der Waals surface area contributed by atoms with Crippen LogP contribution in [-0.2, 0) is 0 Å². The molecule has 0 aromatic carbocycles. The molecule has 6 heteroatoms. The third-order valence-electron chi connectivity index (χ3n) is 3.70. The first kappa shape index (κ1) is 14.7. The molecule has 1 aliphatic rings. The quantitative estimate of drug-likeness (QED) is 0.739. The van der Waals surface area contributed by atoms with E-state index in [0.29, 0.717) is 12.8 Å². The van der Waals surface area contributed by atoms with E-state index in [1.165, 1.54) is 0 Å². The minimum atomic E-state index is -1.24. The van der Waals surface area contributed by atoms with Crippen LogP contribution in [0, 0.1) is 5.82 Å². The van der Waals surface area contributed by atoms with E-state index >= 15 is 0 Å². The van der Waals surface area contributed by atoms with Crippen molar-refractivity contribution >= 4 is 11.8 Å². The molecule has 3 N–H and O–H groups in total. The molecule has 0 spiro atoms. The van der Waals surface area contributed by atoms with Crippen LogP contribution in [-0.4, -0.2) is 33.3 Å². The van der Waals surface area contributed by atoms with Gasteiger partial charge in [-0.25, -0.2) is 14.2 Å². The van der Waals surface area contributed by atoms with Crippen molar-refractivity contribution in [2.45, 2.75) is 44.1 Å². The first-order valence-electron chi connectivity index (χ1n) is 6.85. The number of nitrogens with one attached hydrogen (secondary N) is 1. The Hall–Kier alpha value is -1.69. The van der Waals surface area contributed by atoms with Crippen LogP contribution in [0.1, 0.15) is 48.9 Å². The minimum absolute atomic E-state index is 0.0940. The molecule has 1 aromatic heterocycles. The van der Waals surface area contributed by atoms with Crippen molar-refractivity contribution in [1.82, 2.24) is 4.98 Å². The summed E-state index contributed by atoms with van der Waals surface area (Å²) in [6, 6.07) is 0.925. The molecule has 0 saturated heterocycles. The van der Waals surface area contributed by atoms with Crippen LogP contribution in [0.3, 0.4) is 0 Å². The van der Waals surface area contributed by atoms with Crippen LogP contribution in [0.5, 0.6) is 0 Å². The Morgan fingerprint density at radius 3 is 2.60 bits per heavy atom. The summed E-state index contributed by atoms with van der Waals surface area (Å²) in [7, 11) is 0. The van der Waals surface area contributed by atoms with Crippen molar-refractivity contribution in [3.63, 3.8) is 0 Å². The second kappa shape index (κ2) is 6.17. The molecule has 0 unspecified atom stereocenters. The maximum atomic E-state index is 13.0. The summed E-state index contributed by atoms with van der Waals surface area (Å²) in [6.07, 6.45) is 6.47. The van der Waals surface area contributed by atoms with Crippen molar-refractivity contribution in [2.24, 2.45) is 0 Å². The molecule has 110 valence electrons. The molecule has 2 rings (SSSR count). The van der Waals surface area contributed by atoms with E-state index in [4.69, 9.17) is 5.11 Å². The SMILES string of the molecule is O=C(O)c1cc(F)cnc1NCC1(O)CCCCCC1. The van der Waals surface area contributed by atoms with E-state index in [9.17, 15) is 14.3 Å². The number of rotatable bonds is 4. The van der Waals surface area contributed by atoms with Crippen LogP contribution in [0.4, 0.5) is 10.2 Å². The fourth-order valence-corrected chi connectivity index (χ4v) is 2.55. The summed E-state index contributed by atoms with van der Waals surface area (Å²) >= 11 is 0. The van der Waals surface area contributed by atoms with Gasteiger partial charge >= 0.3 is 5.97 Å². The molecule has 0 amide bonds. The molecule has 5 nitrogen and oxygen atoms in total. The Morgan fingerprint density at radius 2 is 2.00 bits per heavy atom. The zero-order valence-electron chi connectivity index (χ0n) is 11.2. The summed E-state index contributed by atoms with van der Waals surface area (Å²) in [5, 5.41) is 22.4. The predicted molar refractivity (Wildman–Crippen MR) is 72.3 cm³/mol. The third kappa shape index (κ3) is 3.66. The molecule has 1 saturated carbocycles. The van der Waals surface area contributed by atoms with Gasteiger partial charge in [0.15, 0.2) is 0 Å². The topological polar surface area (TPSA) is 82.5 Å². The molecule has 0 aliphatic heterocycles. The summed E-state index contributed by atoms with van der Waals surface area (Å²) in [5.41, 5.74) is -1.07. The monoisotopic (exact) mass is 282 g/mol. The Labute approximate surface area is 116 Å². The second-order valence-corrected chi connectivity index (χ2v) is 5.35. The van der Waals surface area contributed by atoms with Gasteiger partial charge in [-0.2, -0.15) is 0 Å². The zero-order valence-corrected chi connectivity index (χ0v) is 11.2. The van der Waals surface area contributed by atoms with Crippen LogP contribution in [0.2, 0.25) is 0 Å². The smallest absolute Gasteiger partial charge is 0.339 e. The number of carboxylic acid groups (broad SMARTS) is 1. The maximum Gasteiger partial charge on any atom is 0.339 e. The van der Waals surface area contributed by atoms with Gasteiger partial charge in [-0.1, -0.05) is 25.7 Å². The van der Waals surface area contributed by atoms with Crippen molar-refractivity contribution in [1.29, 1.82) is 0 Å². The molecule has 1 aromatic rings. The minimum Gasteiger partial charge on any atom is -0.478 e. The first-order valence-corrected chi connectivity index (χ1v) is 6.85. The highest BCUT2D eigenvalue weighted by Crippen LogP contribution is 2.27. The van der Waals surface area contributed by atoms with Gasteiger partial charge in [0.2, 0.25) is 0 Å². The number of aromatic carboxylic acids is 1. The molecule has 20 heavy (non-hydrogen) atoms. The van der Waals surface area contributed by atoms with Gasteiger partial charge in [0.1, 0.15) is 17.2 Å². The zero-order chi connectivity index (χ0) is 14.6. The van der Waals surface area contributed by atoms with E-state index in [0.717, 1.165) is 37.9 Å². The number of anilines is 1. The van der Waals surface area contributed by atoms with Crippen molar-refractivity contribution in [3.8, 4) is 0 Å². The fourth-order valence-electron chi connectivity index (χ4n) is 2.55. The van der Waals surface area contributed by atoms with Gasteiger partial charge in [0.05, 0.1) is 11.8 Å². The van der Waals surface area contributed by atoms with Gasteiger partial charge in [-0.15, -0.1) is 0 Å². The number of halogens is 1. The molecular formula is C14H19FN2O3. The lowest BCUT2D eigenvalue weighted by atomic mass is 9.94. The number of carbonyl (C=O) groups is 1. The molecule has 0 bridgehead atoms. The van der Waals surface area contributed by atoms with E-state index in [-0.39, 0.29) is 17.9 Å². The van der Waals surface area contributed by atoms with E-state index in [2.05, 4.69) is 10.3 Å². The van der Waals surface area contributed by atoms with Crippen molar-refractivity contribution in [3.05, 3.63) is 23.6 Å². The van der Waals surface area contributed by atoms with Gasteiger partial charge in [0, 0.05) is 6.54 Å². The summed E-state index contributed by atoms with van der Waals surface area (Å²) in [5.74, 6) is -1.84.